The first-order valence-corrected chi connectivity index (χ1v) is 24.1. The summed E-state index contributed by atoms with van der Waals surface area (Å²) in [6.07, 6.45) is 11.1. The SMILES string of the molecule is C=C(C)C(=O)OCCCc1cc(-c2ccc(-c3ccc(C4CCC(CCCCC)CC4)cc3)cc2F)c(CC)cc1OCC(COC(=O)C(=C)C)(COC(=O)C(=O)OCC)COC(=O)C(=O)OCC. The van der Waals surface area contributed by atoms with Crippen LogP contribution in [0.5, 0.6) is 5.75 Å². The molecule has 3 aromatic rings. The summed E-state index contributed by atoms with van der Waals surface area (Å²) in [5, 5.41) is 0. The van der Waals surface area contributed by atoms with E-state index in [2.05, 4.69) is 44.3 Å². The molecule has 374 valence electrons. The number of benzene rings is 3. The number of carbonyl (C=O) groups excluding carboxylic acids is 6. The van der Waals surface area contributed by atoms with Gasteiger partial charge in [0.05, 0.1) is 19.8 Å². The molecule has 0 atom stereocenters. The molecule has 0 N–H and O–H groups in total. The van der Waals surface area contributed by atoms with E-state index in [1.807, 2.05) is 13.0 Å². The van der Waals surface area contributed by atoms with Crippen LogP contribution in [0.3, 0.4) is 0 Å². The number of rotatable bonds is 25. The Morgan fingerprint density at radius 3 is 1.68 bits per heavy atom. The van der Waals surface area contributed by atoms with Crippen LogP contribution in [0.2, 0.25) is 0 Å². The molecule has 1 fully saturated rings. The molecule has 1 aliphatic rings. The zero-order chi connectivity index (χ0) is 50.5. The maximum atomic E-state index is 16.5. The van der Waals surface area contributed by atoms with Crippen molar-refractivity contribution >= 4 is 35.8 Å². The second kappa shape index (κ2) is 27.6. The topological polar surface area (TPSA) is 167 Å². The van der Waals surface area contributed by atoms with E-state index in [0.717, 1.165) is 17.0 Å². The van der Waals surface area contributed by atoms with Crippen molar-refractivity contribution in [3.05, 3.63) is 101 Å². The fourth-order valence-electron chi connectivity index (χ4n) is 8.18. The molecular formula is C55H69FO13. The van der Waals surface area contributed by atoms with Gasteiger partial charge in [0.1, 0.15) is 43.4 Å². The lowest BCUT2D eigenvalue weighted by Gasteiger charge is -2.32. The number of hydrogen-bond donors (Lipinski definition) is 0. The molecule has 0 heterocycles. The predicted molar refractivity (Wildman–Crippen MR) is 258 cm³/mol. The number of halogens is 1. The smallest absolute Gasteiger partial charge is 0.417 e. The minimum Gasteiger partial charge on any atom is -0.492 e. The van der Waals surface area contributed by atoms with E-state index >= 15 is 4.39 Å². The maximum absolute atomic E-state index is 16.5. The van der Waals surface area contributed by atoms with Crippen molar-refractivity contribution in [3.63, 3.8) is 0 Å². The lowest BCUT2D eigenvalue weighted by Crippen LogP contribution is -2.45. The van der Waals surface area contributed by atoms with Gasteiger partial charge in [-0.15, -0.1) is 0 Å². The third-order valence-corrected chi connectivity index (χ3v) is 12.2. The van der Waals surface area contributed by atoms with Crippen molar-refractivity contribution in [2.75, 3.05) is 46.2 Å². The molecule has 69 heavy (non-hydrogen) atoms. The van der Waals surface area contributed by atoms with Crippen molar-refractivity contribution in [2.24, 2.45) is 11.3 Å². The summed E-state index contributed by atoms with van der Waals surface area (Å²) in [4.78, 5) is 74.9. The third-order valence-electron chi connectivity index (χ3n) is 12.2. The van der Waals surface area contributed by atoms with Crippen molar-refractivity contribution in [2.45, 2.75) is 118 Å². The summed E-state index contributed by atoms with van der Waals surface area (Å²) in [6, 6.07) is 17.2. The summed E-state index contributed by atoms with van der Waals surface area (Å²) in [7, 11) is 0. The average molecular weight is 957 g/mol. The van der Waals surface area contributed by atoms with Crippen LogP contribution < -0.4 is 4.74 Å². The van der Waals surface area contributed by atoms with Crippen LogP contribution >= 0.6 is 0 Å². The Morgan fingerprint density at radius 2 is 1.14 bits per heavy atom. The Hall–Kier alpha value is -6.31. The van der Waals surface area contributed by atoms with E-state index in [4.69, 9.17) is 33.2 Å². The lowest BCUT2D eigenvalue weighted by molar-refractivity contribution is -0.178. The van der Waals surface area contributed by atoms with Gasteiger partial charge in [-0.2, -0.15) is 0 Å². The molecule has 0 bridgehead atoms. The molecule has 1 aliphatic carbocycles. The molecule has 0 unspecified atom stereocenters. The van der Waals surface area contributed by atoms with E-state index in [9.17, 15) is 28.8 Å². The van der Waals surface area contributed by atoms with Crippen LogP contribution in [0.1, 0.15) is 122 Å². The number of unbranched alkanes of at least 4 members (excludes halogenated alkanes) is 2. The standard InChI is InChI=1S/C55H69FO13/c1-9-13-14-16-38-18-20-40(21-19-38)41-22-24-42(25-23-41)43-26-27-45(47(56)30-43)46-29-44(17-15-28-65-49(57)36(5)6)48(31-39(46)10-2)66-32-55(33-67-50(58)37(7)8,34-68-53(61)51(59)63-11-3)35-69-54(62)52(60)64-12-4/h22-27,29-31,38,40H,5,7,9-21,28,32-35H2,1-4,6,8H3. The van der Waals surface area contributed by atoms with Crippen LogP contribution in [0.15, 0.2) is 78.9 Å². The van der Waals surface area contributed by atoms with Gasteiger partial charge in [-0.25, -0.2) is 33.2 Å². The van der Waals surface area contributed by atoms with Crippen LogP contribution in [0, 0.1) is 17.2 Å². The van der Waals surface area contributed by atoms with Gasteiger partial charge in [-0.05, 0) is 136 Å². The predicted octanol–water partition coefficient (Wildman–Crippen LogP) is 10.3. The Labute approximate surface area is 406 Å². The minimum absolute atomic E-state index is 0.0204. The zero-order valence-electron chi connectivity index (χ0n) is 41.2. The summed E-state index contributed by atoms with van der Waals surface area (Å²) in [6.45, 7) is 14.5. The second-order valence-corrected chi connectivity index (χ2v) is 17.8. The van der Waals surface area contributed by atoms with Gasteiger partial charge in [-0.3, -0.25) is 0 Å². The molecule has 0 aromatic heterocycles. The van der Waals surface area contributed by atoms with E-state index < -0.39 is 73.5 Å². The Morgan fingerprint density at radius 1 is 0.594 bits per heavy atom. The van der Waals surface area contributed by atoms with E-state index in [1.165, 1.54) is 90.7 Å². The molecule has 0 saturated heterocycles. The van der Waals surface area contributed by atoms with E-state index in [0.29, 0.717) is 41.0 Å². The maximum Gasteiger partial charge on any atom is 0.417 e. The molecule has 13 nitrogen and oxygen atoms in total. The Kier molecular flexibility index (Phi) is 22.1. The summed E-state index contributed by atoms with van der Waals surface area (Å²) >= 11 is 0. The molecule has 3 aromatic carbocycles. The van der Waals surface area contributed by atoms with Gasteiger partial charge in [0.2, 0.25) is 0 Å². The molecule has 0 aliphatic heterocycles. The third kappa shape index (κ3) is 16.7. The molecule has 0 radical (unpaired) electrons. The van der Waals surface area contributed by atoms with E-state index in [1.54, 1.807) is 18.2 Å². The van der Waals surface area contributed by atoms with Gasteiger partial charge in [-0.1, -0.05) is 89.1 Å². The van der Waals surface area contributed by atoms with Crippen molar-refractivity contribution in [3.8, 4) is 28.0 Å². The van der Waals surface area contributed by atoms with Gasteiger partial charge >= 0.3 is 35.8 Å². The Balaban J connectivity index is 1.69. The first-order chi connectivity index (χ1) is 33.0. The number of ether oxygens (including phenoxy) is 7. The highest BCUT2D eigenvalue weighted by molar-refractivity contribution is 6.30. The fourth-order valence-corrected chi connectivity index (χ4v) is 8.18. The van der Waals surface area contributed by atoms with Crippen LogP contribution in [-0.2, 0) is 70.0 Å². The largest absolute Gasteiger partial charge is 0.492 e. The molecule has 0 amide bonds. The van der Waals surface area contributed by atoms with Crippen molar-refractivity contribution in [1.82, 2.24) is 0 Å². The monoisotopic (exact) mass is 956 g/mol. The highest BCUT2D eigenvalue weighted by Crippen LogP contribution is 2.40. The minimum atomic E-state index is -1.75. The first kappa shape index (κ1) is 55.3. The lowest BCUT2D eigenvalue weighted by atomic mass is 9.77. The average Bonchev–Trinajstić information content (AvgIpc) is 3.34. The van der Waals surface area contributed by atoms with Crippen molar-refractivity contribution < 1.29 is 66.3 Å². The summed E-state index contributed by atoms with van der Waals surface area (Å²) in [5.74, 6) is -5.58. The highest BCUT2D eigenvalue weighted by atomic mass is 19.1. The number of hydrogen-bond acceptors (Lipinski definition) is 13. The Bertz CT molecular complexity index is 2240. The first-order valence-electron chi connectivity index (χ1n) is 24.1. The fraction of sp³-hybridized carbons (Fsp3) is 0.491. The summed E-state index contributed by atoms with van der Waals surface area (Å²) in [5.41, 5.74) is 3.66. The van der Waals surface area contributed by atoms with E-state index in [-0.39, 0.29) is 43.1 Å². The van der Waals surface area contributed by atoms with Gasteiger partial charge in [0.25, 0.3) is 0 Å². The molecule has 1 saturated carbocycles. The van der Waals surface area contributed by atoms with Gasteiger partial charge in [0, 0.05) is 16.7 Å². The summed E-state index contributed by atoms with van der Waals surface area (Å²) < 4.78 is 54.0. The second-order valence-electron chi connectivity index (χ2n) is 17.8. The van der Waals surface area contributed by atoms with Gasteiger partial charge < -0.3 is 33.2 Å². The molecule has 14 heteroatoms. The van der Waals surface area contributed by atoms with Crippen LogP contribution in [-0.4, -0.2) is 82.1 Å². The number of aryl methyl sites for hydroxylation is 2. The number of carbonyl (C=O) groups is 6. The number of esters is 6. The molecule has 0 spiro atoms. The quantitative estimate of drug-likeness (QED) is 0.0259. The molecular weight excluding hydrogens is 888 g/mol. The zero-order valence-corrected chi connectivity index (χ0v) is 41.2. The van der Waals surface area contributed by atoms with Crippen LogP contribution in [0.25, 0.3) is 22.3 Å². The van der Waals surface area contributed by atoms with Gasteiger partial charge in [0.15, 0.2) is 0 Å². The normalized spacial score (nSPS) is 14.5. The molecule has 4 rings (SSSR count). The van der Waals surface area contributed by atoms with Crippen LogP contribution in [0.4, 0.5) is 4.39 Å². The highest BCUT2D eigenvalue weighted by Gasteiger charge is 2.39. The van der Waals surface area contributed by atoms with Crippen molar-refractivity contribution in [1.29, 1.82) is 0 Å².